The number of morpholine rings is 1. The van der Waals surface area contributed by atoms with E-state index in [2.05, 4.69) is 18.7 Å². The van der Waals surface area contributed by atoms with Crippen molar-refractivity contribution < 1.29 is 14.3 Å². The van der Waals surface area contributed by atoms with Crippen LogP contribution in [0.1, 0.15) is 24.2 Å². The Morgan fingerprint density at radius 3 is 3.05 bits per heavy atom. The summed E-state index contributed by atoms with van der Waals surface area (Å²) in [5.41, 5.74) is 6.41. The molecule has 1 aliphatic heterocycles. The lowest BCUT2D eigenvalue weighted by Gasteiger charge is -2.35. The molecule has 6 heteroatoms. The Labute approximate surface area is 130 Å². The number of ether oxygens (including phenoxy) is 2. The molecular weight excluding hydrogens is 292 g/mol. The fourth-order valence-corrected chi connectivity index (χ4v) is 2.44. The summed E-state index contributed by atoms with van der Waals surface area (Å²) in [6.45, 7) is 6.81. The van der Waals surface area contributed by atoms with Crippen LogP contribution in [-0.4, -0.2) is 49.3 Å². The van der Waals surface area contributed by atoms with Gasteiger partial charge in [0.1, 0.15) is 12.7 Å². The number of halogens is 1. The molecule has 1 unspecified atom stereocenters. The quantitative estimate of drug-likeness (QED) is 0.682. The van der Waals surface area contributed by atoms with Crippen LogP contribution in [0.2, 0.25) is 5.02 Å². The number of carbonyl (C=O) groups is 1. The number of hydrogen-bond acceptors (Lipinski definition) is 5. The first-order valence-corrected chi connectivity index (χ1v) is 7.43. The van der Waals surface area contributed by atoms with Crippen molar-refractivity contribution in [3.8, 4) is 0 Å². The van der Waals surface area contributed by atoms with E-state index in [0.29, 0.717) is 28.9 Å². The van der Waals surface area contributed by atoms with E-state index in [0.717, 1.165) is 13.1 Å². The molecule has 116 valence electrons. The minimum atomic E-state index is -0.472. The minimum Gasteiger partial charge on any atom is -0.459 e. The van der Waals surface area contributed by atoms with Gasteiger partial charge in [-0.2, -0.15) is 0 Å². The highest BCUT2D eigenvalue weighted by Gasteiger charge is 2.24. The highest BCUT2D eigenvalue weighted by Crippen LogP contribution is 2.19. The van der Waals surface area contributed by atoms with Crippen LogP contribution in [-0.2, 0) is 9.47 Å². The number of hydrogen-bond donors (Lipinski definition) is 1. The first-order chi connectivity index (χ1) is 9.97. The summed E-state index contributed by atoms with van der Waals surface area (Å²) in [6, 6.07) is 5.20. The zero-order valence-electron chi connectivity index (χ0n) is 12.3. The van der Waals surface area contributed by atoms with Crippen LogP contribution in [0.15, 0.2) is 18.2 Å². The molecule has 0 amide bonds. The summed E-state index contributed by atoms with van der Waals surface area (Å²) in [7, 11) is 0. The Morgan fingerprint density at radius 2 is 2.33 bits per heavy atom. The molecule has 21 heavy (non-hydrogen) atoms. The Morgan fingerprint density at radius 1 is 1.57 bits per heavy atom. The van der Waals surface area contributed by atoms with Gasteiger partial charge in [0, 0.05) is 29.8 Å². The van der Waals surface area contributed by atoms with Gasteiger partial charge < -0.3 is 15.2 Å². The maximum atomic E-state index is 12.0. The molecule has 0 aromatic heterocycles. The fraction of sp³-hybridized carbons (Fsp3) is 0.533. The third-order valence-corrected chi connectivity index (χ3v) is 3.77. The molecule has 0 spiro atoms. The van der Waals surface area contributed by atoms with Gasteiger partial charge in [-0.3, -0.25) is 4.90 Å². The van der Waals surface area contributed by atoms with E-state index in [1.54, 1.807) is 12.1 Å². The number of rotatable bonds is 4. The van der Waals surface area contributed by atoms with Crippen LogP contribution in [0, 0.1) is 0 Å². The summed E-state index contributed by atoms with van der Waals surface area (Å²) in [6.07, 6.45) is -0.106. The lowest BCUT2D eigenvalue weighted by molar-refractivity contribution is -0.0662. The van der Waals surface area contributed by atoms with Crippen LogP contribution in [0.3, 0.4) is 0 Å². The van der Waals surface area contributed by atoms with Crippen LogP contribution in [0.25, 0.3) is 0 Å². The number of nitrogens with two attached hydrogens (primary N) is 1. The lowest BCUT2D eigenvalue weighted by atomic mass is 10.2. The molecule has 1 atom stereocenters. The molecule has 0 radical (unpaired) electrons. The van der Waals surface area contributed by atoms with E-state index in [1.807, 2.05) is 0 Å². The number of nitrogens with zero attached hydrogens (tertiary/aromatic N) is 1. The van der Waals surface area contributed by atoms with E-state index in [-0.39, 0.29) is 12.7 Å². The molecule has 2 N–H and O–H groups in total. The van der Waals surface area contributed by atoms with Gasteiger partial charge in [0.25, 0.3) is 0 Å². The van der Waals surface area contributed by atoms with Crippen LogP contribution >= 0.6 is 11.6 Å². The number of benzene rings is 1. The smallest absolute Gasteiger partial charge is 0.340 e. The van der Waals surface area contributed by atoms with E-state index in [4.69, 9.17) is 26.8 Å². The summed E-state index contributed by atoms with van der Waals surface area (Å²) >= 11 is 5.87. The average Bonchev–Trinajstić information content (AvgIpc) is 2.47. The molecular formula is C15H21ClN2O3. The zero-order chi connectivity index (χ0) is 15.4. The fourth-order valence-electron chi connectivity index (χ4n) is 2.26. The maximum absolute atomic E-state index is 12.0. The summed E-state index contributed by atoms with van der Waals surface area (Å²) in [5.74, 6) is -0.472. The average molecular weight is 313 g/mol. The van der Waals surface area contributed by atoms with Gasteiger partial charge in [0.05, 0.1) is 12.2 Å². The van der Waals surface area contributed by atoms with E-state index in [9.17, 15) is 4.79 Å². The van der Waals surface area contributed by atoms with Gasteiger partial charge in [0.15, 0.2) is 0 Å². The van der Waals surface area contributed by atoms with Gasteiger partial charge in [-0.25, -0.2) is 4.79 Å². The highest BCUT2D eigenvalue weighted by molar-refractivity contribution is 6.31. The molecule has 0 bridgehead atoms. The first kappa shape index (κ1) is 16.1. The Balaban J connectivity index is 1.90. The van der Waals surface area contributed by atoms with Crippen molar-refractivity contribution in [2.45, 2.75) is 26.0 Å². The standard InChI is InChI=1S/C15H21ClN2O3/c1-10(2)18-5-6-20-12(8-18)9-21-15(19)13-7-11(16)3-4-14(13)17/h3-4,7,10,12H,5-6,8-9,17H2,1-2H3. The normalized spacial score (nSPS) is 19.7. The molecule has 0 saturated carbocycles. The summed E-state index contributed by atoms with van der Waals surface area (Å²) in [5, 5.41) is 0.455. The zero-order valence-corrected chi connectivity index (χ0v) is 13.1. The van der Waals surface area contributed by atoms with Crippen LogP contribution in [0.5, 0.6) is 0 Å². The lowest BCUT2D eigenvalue weighted by Crippen LogP contribution is -2.47. The van der Waals surface area contributed by atoms with Crippen molar-refractivity contribution in [3.05, 3.63) is 28.8 Å². The van der Waals surface area contributed by atoms with Gasteiger partial charge in [-0.05, 0) is 32.0 Å². The number of nitrogen functional groups attached to an aromatic ring is 1. The van der Waals surface area contributed by atoms with Crippen molar-refractivity contribution in [2.75, 3.05) is 32.0 Å². The van der Waals surface area contributed by atoms with Crippen molar-refractivity contribution in [1.82, 2.24) is 4.90 Å². The van der Waals surface area contributed by atoms with Crippen molar-refractivity contribution >= 4 is 23.3 Å². The number of anilines is 1. The van der Waals surface area contributed by atoms with Gasteiger partial charge >= 0.3 is 5.97 Å². The predicted octanol–water partition coefficient (Wildman–Crippen LogP) is 2.19. The van der Waals surface area contributed by atoms with Gasteiger partial charge in [-0.1, -0.05) is 11.6 Å². The molecule has 1 saturated heterocycles. The van der Waals surface area contributed by atoms with Crippen molar-refractivity contribution in [3.63, 3.8) is 0 Å². The summed E-state index contributed by atoms with van der Waals surface area (Å²) in [4.78, 5) is 14.3. The minimum absolute atomic E-state index is 0.106. The largest absolute Gasteiger partial charge is 0.459 e. The summed E-state index contributed by atoms with van der Waals surface area (Å²) < 4.78 is 10.9. The monoisotopic (exact) mass is 312 g/mol. The van der Waals surface area contributed by atoms with Crippen LogP contribution in [0.4, 0.5) is 5.69 Å². The third kappa shape index (κ3) is 4.33. The Kier molecular flexibility index (Phi) is 5.45. The second-order valence-electron chi connectivity index (χ2n) is 5.41. The Hall–Kier alpha value is -1.30. The molecule has 1 aromatic carbocycles. The molecule has 1 fully saturated rings. The second kappa shape index (κ2) is 7.11. The molecule has 5 nitrogen and oxygen atoms in total. The van der Waals surface area contributed by atoms with Crippen molar-refractivity contribution in [1.29, 1.82) is 0 Å². The second-order valence-corrected chi connectivity index (χ2v) is 5.85. The van der Waals surface area contributed by atoms with E-state index < -0.39 is 5.97 Å². The predicted molar refractivity (Wildman–Crippen MR) is 82.6 cm³/mol. The molecule has 1 heterocycles. The number of carbonyl (C=O) groups excluding carboxylic acids is 1. The topological polar surface area (TPSA) is 64.8 Å². The maximum Gasteiger partial charge on any atom is 0.340 e. The SMILES string of the molecule is CC(C)N1CCOC(COC(=O)c2cc(Cl)ccc2N)C1. The molecule has 0 aliphatic carbocycles. The van der Waals surface area contributed by atoms with E-state index in [1.165, 1.54) is 6.07 Å². The van der Waals surface area contributed by atoms with Crippen molar-refractivity contribution in [2.24, 2.45) is 0 Å². The molecule has 2 rings (SSSR count). The van der Waals surface area contributed by atoms with E-state index >= 15 is 0 Å². The van der Waals surface area contributed by atoms with Gasteiger partial charge in [0.2, 0.25) is 0 Å². The Bertz CT molecular complexity index is 508. The van der Waals surface area contributed by atoms with Crippen LogP contribution < -0.4 is 5.73 Å². The van der Waals surface area contributed by atoms with Gasteiger partial charge in [-0.15, -0.1) is 0 Å². The number of esters is 1. The molecule has 1 aromatic rings. The molecule has 1 aliphatic rings. The highest BCUT2D eigenvalue weighted by atomic mass is 35.5. The first-order valence-electron chi connectivity index (χ1n) is 7.05. The third-order valence-electron chi connectivity index (χ3n) is 3.54.